The van der Waals surface area contributed by atoms with Gasteiger partial charge in [-0.3, -0.25) is 14.5 Å². The number of aryl methyl sites for hydroxylation is 3. The molecule has 4 N–H and O–H groups in total. The minimum absolute atomic E-state index is 0.190. The number of carbonyl (C=O) groups is 3. The molecule has 13 heteroatoms. The Bertz CT molecular complexity index is 1570. The third-order valence-electron chi connectivity index (χ3n) is 7.09. The van der Waals surface area contributed by atoms with Crippen molar-refractivity contribution < 1.29 is 39.2 Å². The lowest BCUT2D eigenvalue weighted by Gasteiger charge is -2.23. The number of hydrogen-bond acceptors (Lipinski definition) is 7. The van der Waals surface area contributed by atoms with Gasteiger partial charge in [-0.15, -0.1) is 0 Å². The molecule has 45 heavy (non-hydrogen) atoms. The largest absolute Gasteiger partial charge is 0.481 e. The van der Waals surface area contributed by atoms with E-state index in [1.54, 1.807) is 18.3 Å². The van der Waals surface area contributed by atoms with Crippen molar-refractivity contribution >= 4 is 17.9 Å². The van der Waals surface area contributed by atoms with E-state index in [9.17, 15) is 18.8 Å². The molecule has 0 spiro atoms. The highest BCUT2D eigenvalue weighted by molar-refractivity contribution is 5.88. The summed E-state index contributed by atoms with van der Waals surface area (Å²) in [6, 6.07) is 13.3. The highest BCUT2D eigenvalue weighted by Crippen LogP contribution is 2.22. The van der Waals surface area contributed by atoms with Gasteiger partial charge in [-0.1, -0.05) is 18.2 Å². The maximum absolute atomic E-state index is 13.8. The van der Waals surface area contributed by atoms with Gasteiger partial charge < -0.3 is 29.6 Å². The number of rotatable bonds is 14. The predicted molar refractivity (Wildman–Crippen MR) is 162 cm³/mol. The molecule has 12 nitrogen and oxygen atoms in total. The lowest BCUT2D eigenvalue weighted by Crippen LogP contribution is -2.42. The standard InChI is InChI=1S/C26H30FN5.C6H8O7/c1-20-8-9-26(29-16-20)32-21(2)14-24(22(32)3)18-31(12-5-11-30-13-10-28-19-30)17-23-6-4-7-25(27)15-23;7-3(8)1-6(13,5(11)12)2-4(9)10/h4,6-10,13-16,19H,5,11-12,17-18H2,1-3H3;13H,1-2H2,(H,7,8)(H,9,10)(H,11,12). The summed E-state index contributed by atoms with van der Waals surface area (Å²) in [4.78, 5) is 41.6. The fourth-order valence-electron chi connectivity index (χ4n) is 4.89. The van der Waals surface area contributed by atoms with Crippen LogP contribution in [0.25, 0.3) is 5.82 Å². The first-order valence-electron chi connectivity index (χ1n) is 14.2. The van der Waals surface area contributed by atoms with Crippen molar-refractivity contribution in [1.29, 1.82) is 0 Å². The molecule has 3 aromatic heterocycles. The molecule has 3 heterocycles. The second-order valence-electron chi connectivity index (χ2n) is 10.9. The normalized spacial score (nSPS) is 11.2. The average molecular weight is 624 g/mol. The van der Waals surface area contributed by atoms with Crippen LogP contribution in [0, 0.1) is 26.6 Å². The Morgan fingerprint density at radius 1 is 0.978 bits per heavy atom. The zero-order chi connectivity index (χ0) is 33.1. The molecule has 240 valence electrons. The summed E-state index contributed by atoms with van der Waals surface area (Å²) in [5, 5.41) is 33.8. The van der Waals surface area contributed by atoms with E-state index >= 15 is 0 Å². The Morgan fingerprint density at radius 3 is 2.24 bits per heavy atom. The molecule has 0 radical (unpaired) electrons. The first kappa shape index (κ1) is 34.6. The smallest absolute Gasteiger partial charge is 0.336 e. The van der Waals surface area contributed by atoms with Gasteiger partial charge in [0.1, 0.15) is 11.6 Å². The SMILES string of the molecule is Cc1ccc(-n2c(C)cc(CN(CCCn3ccnc3)Cc3cccc(F)c3)c2C)nc1.O=C(O)CC(O)(CC(=O)O)C(=O)O. The van der Waals surface area contributed by atoms with E-state index in [2.05, 4.69) is 56.0 Å². The van der Waals surface area contributed by atoms with Gasteiger partial charge in [-0.05, 0) is 68.1 Å². The number of aliphatic carboxylic acids is 3. The summed E-state index contributed by atoms with van der Waals surface area (Å²) in [6.45, 7) is 9.63. The van der Waals surface area contributed by atoms with Crippen molar-refractivity contribution in [1.82, 2.24) is 24.0 Å². The molecule has 4 aromatic rings. The fraction of sp³-hybridized carbons (Fsp3) is 0.344. The van der Waals surface area contributed by atoms with Crippen LogP contribution in [0.2, 0.25) is 0 Å². The summed E-state index contributed by atoms with van der Waals surface area (Å²) in [5.41, 5.74) is 3.02. The summed E-state index contributed by atoms with van der Waals surface area (Å²) in [7, 11) is 0. The third-order valence-corrected chi connectivity index (χ3v) is 7.09. The minimum Gasteiger partial charge on any atom is -0.481 e. The first-order valence-corrected chi connectivity index (χ1v) is 14.2. The summed E-state index contributed by atoms with van der Waals surface area (Å²) >= 11 is 0. The van der Waals surface area contributed by atoms with Gasteiger partial charge in [0, 0.05) is 56.2 Å². The van der Waals surface area contributed by atoms with E-state index in [0.29, 0.717) is 6.54 Å². The second kappa shape index (κ2) is 15.7. The Hall–Kier alpha value is -4.88. The number of carboxylic acids is 3. The van der Waals surface area contributed by atoms with Crippen LogP contribution in [0.1, 0.15) is 47.3 Å². The minimum atomic E-state index is -2.74. The molecule has 0 aliphatic carbocycles. The van der Waals surface area contributed by atoms with Crippen LogP contribution >= 0.6 is 0 Å². The zero-order valence-corrected chi connectivity index (χ0v) is 25.4. The molecule has 0 aliphatic heterocycles. The molecule has 0 saturated carbocycles. The Kier molecular flexibility index (Phi) is 12.1. The van der Waals surface area contributed by atoms with Gasteiger partial charge in [-0.2, -0.15) is 0 Å². The van der Waals surface area contributed by atoms with Gasteiger partial charge in [0.25, 0.3) is 0 Å². The van der Waals surface area contributed by atoms with Crippen molar-refractivity contribution in [2.24, 2.45) is 0 Å². The Balaban J connectivity index is 0.000000360. The molecule has 1 aromatic carbocycles. The summed E-state index contributed by atoms with van der Waals surface area (Å²) < 4.78 is 18.1. The molecule has 0 unspecified atom stereocenters. The molecule has 4 rings (SSSR count). The number of aliphatic hydroxyl groups is 1. The highest BCUT2D eigenvalue weighted by Gasteiger charge is 2.40. The lowest BCUT2D eigenvalue weighted by molar-refractivity contribution is -0.170. The number of imidazole rings is 1. The average Bonchev–Trinajstić information content (AvgIpc) is 3.56. The maximum Gasteiger partial charge on any atom is 0.336 e. The van der Waals surface area contributed by atoms with Crippen molar-refractivity contribution in [3.63, 3.8) is 0 Å². The number of benzene rings is 1. The molecule has 0 aliphatic rings. The van der Waals surface area contributed by atoms with Gasteiger partial charge in [0.15, 0.2) is 5.60 Å². The van der Waals surface area contributed by atoms with Gasteiger partial charge in [0.05, 0.1) is 19.2 Å². The maximum atomic E-state index is 13.8. The number of halogens is 1. The number of nitrogens with zero attached hydrogens (tertiary/aromatic N) is 5. The molecule has 0 atom stereocenters. The zero-order valence-electron chi connectivity index (χ0n) is 25.4. The highest BCUT2D eigenvalue weighted by atomic mass is 19.1. The van der Waals surface area contributed by atoms with Crippen LogP contribution in [0.4, 0.5) is 4.39 Å². The van der Waals surface area contributed by atoms with E-state index in [1.807, 2.05) is 31.7 Å². The van der Waals surface area contributed by atoms with Crippen LogP contribution in [-0.2, 0) is 34.0 Å². The van der Waals surface area contributed by atoms with Crippen molar-refractivity contribution in [3.8, 4) is 5.82 Å². The summed E-state index contributed by atoms with van der Waals surface area (Å²) in [5.74, 6) is -4.27. The number of hydrogen-bond donors (Lipinski definition) is 4. The van der Waals surface area contributed by atoms with Crippen LogP contribution in [0.5, 0.6) is 0 Å². The first-order chi connectivity index (χ1) is 21.3. The van der Waals surface area contributed by atoms with E-state index in [-0.39, 0.29) is 5.82 Å². The van der Waals surface area contributed by atoms with Crippen LogP contribution in [-0.4, -0.2) is 74.5 Å². The second-order valence-corrected chi connectivity index (χ2v) is 10.9. The Labute approximate surface area is 260 Å². The van der Waals surface area contributed by atoms with Gasteiger partial charge >= 0.3 is 17.9 Å². The third kappa shape index (κ3) is 10.4. The quantitative estimate of drug-likeness (QED) is 0.161. The molecule has 0 fully saturated rings. The van der Waals surface area contributed by atoms with Gasteiger partial charge in [-0.25, -0.2) is 19.2 Å². The van der Waals surface area contributed by atoms with E-state index < -0.39 is 36.4 Å². The fourth-order valence-corrected chi connectivity index (χ4v) is 4.89. The van der Waals surface area contributed by atoms with Crippen molar-refractivity contribution in [2.75, 3.05) is 6.54 Å². The number of pyridine rings is 1. The Morgan fingerprint density at radius 2 is 1.69 bits per heavy atom. The van der Waals surface area contributed by atoms with E-state index in [1.165, 1.54) is 17.3 Å². The topological polar surface area (TPSA) is 171 Å². The number of aromatic nitrogens is 4. The molecular weight excluding hydrogens is 585 g/mol. The molecule has 0 amide bonds. The molecular formula is C32H38FN5O7. The van der Waals surface area contributed by atoms with Crippen LogP contribution in [0.3, 0.4) is 0 Å². The monoisotopic (exact) mass is 623 g/mol. The van der Waals surface area contributed by atoms with E-state index in [4.69, 9.17) is 20.4 Å². The van der Waals surface area contributed by atoms with Crippen molar-refractivity contribution in [3.05, 3.63) is 101 Å². The van der Waals surface area contributed by atoms with Crippen LogP contribution < -0.4 is 0 Å². The van der Waals surface area contributed by atoms with Crippen molar-refractivity contribution in [2.45, 2.75) is 65.3 Å². The lowest BCUT2D eigenvalue weighted by atomic mass is 9.96. The predicted octanol–water partition coefficient (Wildman–Crippen LogP) is 3.98. The van der Waals surface area contributed by atoms with Gasteiger partial charge in [0.2, 0.25) is 0 Å². The molecule has 0 saturated heterocycles. The van der Waals surface area contributed by atoms with E-state index in [0.717, 1.165) is 48.7 Å². The van der Waals surface area contributed by atoms with Crippen LogP contribution in [0.15, 0.2) is 67.4 Å². The number of carboxylic acid groups (broad SMARTS) is 3. The molecule has 0 bridgehead atoms. The summed E-state index contributed by atoms with van der Waals surface area (Å²) in [6.07, 6.45) is 6.24.